The van der Waals surface area contributed by atoms with Gasteiger partial charge in [0.2, 0.25) is 15.9 Å². The molecule has 1 aromatic carbocycles. The summed E-state index contributed by atoms with van der Waals surface area (Å²) >= 11 is 0. The molecule has 1 aliphatic heterocycles. The second-order valence-corrected chi connectivity index (χ2v) is 8.66. The van der Waals surface area contributed by atoms with Crippen LogP contribution in [-0.4, -0.2) is 63.1 Å². The SMILES string of the molecule is Cc1ccc([N+](=O)[O-])cc1N(CC(=O)NCCN1CCCCC1)S(C)(=O)=O. The number of anilines is 1. The standard InChI is InChI=1S/C17H26N4O5S/c1-14-6-7-15(21(23)24)12-16(14)20(27(2,25)26)13-17(22)18-8-11-19-9-4-3-5-10-19/h6-7,12H,3-5,8-11,13H2,1-2H3,(H,18,22). The molecule has 1 aliphatic rings. The van der Waals surface area contributed by atoms with Crippen LogP contribution in [0.1, 0.15) is 24.8 Å². The number of carbonyl (C=O) groups is 1. The molecule has 9 nitrogen and oxygen atoms in total. The minimum atomic E-state index is -3.78. The van der Waals surface area contributed by atoms with Gasteiger partial charge >= 0.3 is 0 Å². The Balaban J connectivity index is 2.05. The van der Waals surface area contributed by atoms with Crippen LogP contribution in [0, 0.1) is 17.0 Å². The maximum absolute atomic E-state index is 12.3. The van der Waals surface area contributed by atoms with E-state index in [-0.39, 0.29) is 11.4 Å². The monoisotopic (exact) mass is 398 g/mol. The Morgan fingerprint density at radius 1 is 1.30 bits per heavy atom. The van der Waals surface area contributed by atoms with E-state index >= 15 is 0 Å². The lowest BCUT2D eigenvalue weighted by Crippen LogP contribution is -2.43. The van der Waals surface area contributed by atoms with Crippen molar-refractivity contribution in [3.63, 3.8) is 0 Å². The van der Waals surface area contributed by atoms with E-state index in [0.29, 0.717) is 12.1 Å². The fraction of sp³-hybridized carbons (Fsp3) is 0.588. The number of piperidine rings is 1. The third kappa shape index (κ3) is 6.17. The molecule has 1 saturated heterocycles. The number of nitro benzene ring substituents is 1. The van der Waals surface area contributed by atoms with Crippen molar-refractivity contribution < 1.29 is 18.1 Å². The summed E-state index contributed by atoms with van der Waals surface area (Å²) in [5.41, 5.74) is 0.444. The molecule has 1 heterocycles. The van der Waals surface area contributed by atoms with Gasteiger partial charge in [-0.2, -0.15) is 0 Å². The summed E-state index contributed by atoms with van der Waals surface area (Å²) in [6.45, 7) is 4.41. The summed E-state index contributed by atoms with van der Waals surface area (Å²) in [5.74, 6) is -0.441. The van der Waals surface area contributed by atoms with Crippen molar-refractivity contribution in [2.24, 2.45) is 0 Å². The number of hydrogen-bond acceptors (Lipinski definition) is 6. The van der Waals surface area contributed by atoms with Gasteiger partial charge in [-0.3, -0.25) is 19.2 Å². The lowest BCUT2D eigenvalue weighted by Gasteiger charge is -2.27. The quantitative estimate of drug-likeness (QED) is 0.521. The van der Waals surface area contributed by atoms with E-state index in [9.17, 15) is 23.3 Å². The number of nitrogens with one attached hydrogen (secondary N) is 1. The summed E-state index contributed by atoms with van der Waals surface area (Å²) < 4.78 is 25.3. The molecule has 0 aromatic heterocycles. The molecule has 0 bridgehead atoms. The van der Waals surface area contributed by atoms with Gasteiger partial charge in [0.1, 0.15) is 6.54 Å². The maximum atomic E-state index is 12.3. The third-order valence-corrected chi connectivity index (χ3v) is 5.69. The highest BCUT2D eigenvalue weighted by atomic mass is 32.2. The minimum Gasteiger partial charge on any atom is -0.353 e. The van der Waals surface area contributed by atoms with Gasteiger partial charge in [0, 0.05) is 25.2 Å². The van der Waals surface area contributed by atoms with Crippen LogP contribution in [-0.2, 0) is 14.8 Å². The largest absolute Gasteiger partial charge is 0.353 e. The van der Waals surface area contributed by atoms with Crippen molar-refractivity contribution in [1.29, 1.82) is 0 Å². The number of nitrogens with zero attached hydrogens (tertiary/aromatic N) is 3. The van der Waals surface area contributed by atoms with Crippen LogP contribution < -0.4 is 9.62 Å². The van der Waals surface area contributed by atoms with Gasteiger partial charge in [-0.25, -0.2) is 8.42 Å². The number of aryl methyl sites for hydroxylation is 1. The maximum Gasteiger partial charge on any atom is 0.271 e. The number of benzene rings is 1. The van der Waals surface area contributed by atoms with Gasteiger partial charge in [-0.1, -0.05) is 12.5 Å². The zero-order chi connectivity index (χ0) is 20.0. The number of amides is 1. The van der Waals surface area contributed by atoms with Crippen molar-refractivity contribution in [2.45, 2.75) is 26.2 Å². The predicted molar refractivity (Wildman–Crippen MR) is 103 cm³/mol. The van der Waals surface area contributed by atoms with Crippen molar-refractivity contribution in [3.05, 3.63) is 33.9 Å². The molecule has 0 saturated carbocycles. The first-order valence-electron chi connectivity index (χ1n) is 8.90. The van der Waals surface area contributed by atoms with Gasteiger partial charge in [-0.15, -0.1) is 0 Å². The van der Waals surface area contributed by atoms with Gasteiger partial charge in [0.15, 0.2) is 0 Å². The first-order chi connectivity index (χ1) is 12.7. The zero-order valence-corrected chi connectivity index (χ0v) is 16.5. The molecule has 150 valence electrons. The number of hydrogen-bond donors (Lipinski definition) is 1. The molecule has 1 amide bonds. The molecular weight excluding hydrogens is 372 g/mol. The smallest absolute Gasteiger partial charge is 0.271 e. The highest BCUT2D eigenvalue weighted by Crippen LogP contribution is 2.27. The van der Waals surface area contributed by atoms with Crippen LogP contribution in [0.5, 0.6) is 0 Å². The van der Waals surface area contributed by atoms with Crippen LogP contribution in [0.2, 0.25) is 0 Å². The normalized spacial score (nSPS) is 15.3. The molecule has 10 heteroatoms. The van der Waals surface area contributed by atoms with E-state index in [4.69, 9.17) is 0 Å². The van der Waals surface area contributed by atoms with E-state index < -0.39 is 27.4 Å². The average Bonchev–Trinajstić information content (AvgIpc) is 2.60. The summed E-state index contributed by atoms with van der Waals surface area (Å²) in [7, 11) is -3.78. The fourth-order valence-corrected chi connectivity index (χ4v) is 3.99. The van der Waals surface area contributed by atoms with E-state index in [1.165, 1.54) is 24.6 Å². The van der Waals surface area contributed by atoms with Crippen molar-refractivity contribution >= 4 is 27.3 Å². The summed E-state index contributed by atoms with van der Waals surface area (Å²) in [6.07, 6.45) is 4.52. The molecule has 0 aliphatic carbocycles. The summed E-state index contributed by atoms with van der Waals surface area (Å²) in [6, 6.07) is 3.95. The molecule has 27 heavy (non-hydrogen) atoms. The third-order valence-electron chi connectivity index (χ3n) is 4.56. The minimum absolute atomic E-state index is 0.137. The summed E-state index contributed by atoms with van der Waals surface area (Å²) in [5, 5.41) is 13.7. The number of nitro groups is 1. The van der Waals surface area contributed by atoms with E-state index in [2.05, 4.69) is 10.2 Å². The molecular formula is C17H26N4O5S. The highest BCUT2D eigenvalue weighted by molar-refractivity contribution is 7.92. The average molecular weight is 398 g/mol. The number of non-ortho nitro benzene ring substituents is 1. The van der Waals surface area contributed by atoms with Crippen LogP contribution >= 0.6 is 0 Å². The van der Waals surface area contributed by atoms with Gasteiger partial charge in [-0.05, 0) is 38.4 Å². The lowest BCUT2D eigenvalue weighted by atomic mass is 10.1. The number of carbonyl (C=O) groups excluding carboxylic acids is 1. The molecule has 1 N–H and O–H groups in total. The molecule has 0 unspecified atom stereocenters. The number of sulfonamides is 1. The van der Waals surface area contributed by atoms with Gasteiger partial charge in [0.05, 0.1) is 16.9 Å². The second kappa shape index (κ2) is 9.14. The Morgan fingerprint density at radius 2 is 1.96 bits per heavy atom. The molecule has 2 rings (SSSR count). The first kappa shape index (κ1) is 21.1. The van der Waals surface area contributed by atoms with Crippen LogP contribution in [0.25, 0.3) is 0 Å². The predicted octanol–water partition coefficient (Wildman–Crippen LogP) is 1.27. The number of likely N-dealkylation sites (tertiary alicyclic amines) is 1. The van der Waals surface area contributed by atoms with Crippen molar-refractivity contribution in [2.75, 3.05) is 43.3 Å². The van der Waals surface area contributed by atoms with E-state index in [1.807, 2.05) is 0 Å². The van der Waals surface area contributed by atoms with E-state index in [0.717, 1.165) is 43.0 Å². The first-order valence-corrected chi connectivity index (χ1v) is 10.7. The van der Waals surface area contributed by atoms with Gasteiger partial charge in [0.25, 0.3) is 5.69 Å². The molecule has 0 atom stereocenters. The van der Waals surface area contributed by atoms with Crippen molar-refractivity contribution in [1.82, 2.24) is 10.2 Å². The topological polar surface area (TPSA) is 113 Å². The molecule has 1 fully saturated rings. The molecule has 0 spiro atoms. The zero-order valence-electron chi connectivity index (χ0n) is 15.7. The Morgan fingerprint density at radius 3 is 2.56 bits per heavy atom. The lowest BCUT2D eigenvalue weighted by molar-refractivity contribution is -0.384. The second-order valence-electron chi connectivity index (χ2n) is 6.75. The van der Waals surface area contributed by atoms with E-state index in [1.54, 1.807) is 6.92 Å². The van der Waals surface area contributed by atoms with Crippen LogP contribution in [0.4, 0.5) is 11.4 Å². The molecule has 1 aromatic rings. The Hall–Kier alpha value is -2.20. The Labute approximate surface area is 159 Å². The van der Waals surface area contributed by atoms with Crippen molar-refractivity contribution in [3.8, 4) is 0 Å². The fourth-order valence-electron chi connectivity index (χ4n) is 3.08. The number of rotatable bonds is 8. The van der Waals surface area contributed by atoms with Crippen LogP contribution in [0.3, 0.4) is 0 Å². The highest BCUT2D eigenvalue weighted by Gasteiger charge is 2.24. The van der Waals surface area contributed by atoms with Gasteiger partial charge < -0.3 is 10.2 Å². The Kier molecular flexibility index (Phi) is 7.14. The Bertz CT molecular complexity index is 791. The molecule has 0 radical (unpaired) electrons. The van der Waals surface area contributed by atoms with Crippen LogP contribution in [0.15, 0.2) is 18.2 Å². The summed E-state index contributed by atoms with van der Waals surface area (Å²) in [4.78, 5) is 25.0.